The predicted octanol–water partition coefficient (Wildman–Crippen LogP) is 2.65. The highest BCUT2D eigenvalue weighted by molar-refractivity contribution is 6.03. The summed E-state index contributed by atoms with van der Waals surface area (Å²) >= 11 is 0. The Balaban J connectivity index is 1.93. The van der Waals surface area contributed by atoms with Crippen LogP contribution in [0.15, 0.2) is 70.9 Å². The average molecular weight is 265 g/mol. The lowest BCUT2D eigenvalue weighted by Gasteiger charge is -1.97. The molecule has 0 radical (unpaired) electrons. The van der Waals surface area contributed by atoms with E-state index in [0.29, 0.717) is 11.4 Å². The van der Waals surface area contributed by atoms with Gasteiger partial charge in [-0.15, -0.1) is 5.10 Å². The smallest absolute Gasteiger partial charge is 0.168 e. The molecule has 20 heavy (non-hydrogen) atoms. The monoisotopic (exact) mass is 265 g/mol. The quantitative estimate of drug-likeness (QED) is 0.391. The number of benzene rings is 2. The van der Waals surface area contributed by atoms with E-state index in [1.807, 2.05) is 48.5 Å². The molecule has 2 rings (SSSR count). The maximum atomic E-state index is 11.8. The van der Waals surface area contributed by atoms with Gasteiger partial charge in [0.2, 0.25) is 0 Å². The summed E-state index contributed by atoms with van der Waals surface area (Å²) in [5.74, 6) is 0.330. The molecule has 0 atom stereocenters. The number of carbonyl (C=O) groups excluding carboxylic acids is 1. The third kappa shape index (κ3) is 3.88. The van der Waals surface area contributed by atoms with Crippen LogP contribution in [-0.2, 0) is 0 Å². The third-order valence-electron chi connectivity index (χ3n) is 2.69. The molecule has 0 aliphatic rings. The van der Waals surface area contributed by atoms with Gasteiger partial charge in [-0.05, 0) is 0 Å². The lowest BCUT2D eigenvalue weighted by Crippen LogP contribution is -2.12. The number of Topliss-reactive ketones (excluding diaryl/α,β-unsaturated/α-hetero) is 1. The van der Waals surface area contributed by atoms with Crippen LogP contribution in [-0.4, -0.2) is 17.8 Å². The summed E-state index contributed by atoms with van der Waals surface area (Å²) in [6.07, 6.45) is 1.67. The van der Waals surface area contributed by atoms with E-state index in [-0.39, 0.29) is 12.2 Å². The van der Waals surface area contributed by atoms with Crippen LogP contribution < -0.4 is 5.73 Å². The van der Waals surface area contributed by atoms with E-state index in [4.69, 9.17) is 5.73 Å². The number of nitrogens with two attached hydrogens (primary N) is 1. The lowest BCUT2D eigenvalue weighted by atomic mass is 10.1. The van der Waals surface area contributed by atoms with Crippen molar-refractivity contribution in [1.82, 2.24) is 0 Å². The number of nitrogens with zero attached hydrogens (tertiary/aromatic N) is 2. The molecule has 0 heterocycles. The molecule has 0 spiro atoms. The molecular formula is C16H15N3O. The Bertz CT molecular complexity index is 619. The van der Waals surface area contributed by atoms with E-state index in [0.717, 1.165) is 5.56 Å². The van der Waals surface area contributed by atoms with Crippen molar-refractivity contribution in [3.05, 3.63) is 71.8 Å². The topological polar surface area (TPSA) is 67.8 Å². The highest BCUT2D eigenvalue weighted by Gasteiger charge is 2.01. The van der Waals surface area contributed by atoms with E-state index in [2.05, 4.69) is 10.2 Å². The van der Waals surface area contributed by atoms with Crippen LogP contribution in [0, 0.1) is 0 Å². The van der Waals surface area contributed by atoms with Crippen LogP contribution in [0.1, 0.15) is 22.3 Å². The van der Waals surface area contributed by atoms with Gasteiger partial charge in [-0.2, -0.15) is 5.10 Å². The highest BCUT2D eigenvalue weighted by atomic mass is 16.1. The Hall–Kier alpha value is -2.75. The Morgan fingerprint density at radius 1 is 0.950 bits per heavy atom. The van der Waals surface area contributed by atoms with Crippen LogP contribution >= 0.6 is 0 Å². The maximum absolute atomic E-state index is 11.8. The second-order valence-electron chi connectivity index (χ2n) is 4.14. The Labute approximate surface area is 117 Å². The second-order valence-corrected chi connectivity index (χ2v) is 4.14. The standard InChI is InChI=1S/C16H15N3O/c17-16(14-9-5-2-6-10-14)19-18-12-11-15(20)13-7-3-1-4-8-13/h1-10,12H,11H2,(H2,17,19)/b18-12+. The molecule has 2 aromatic rings. The fourth-order valence-electron chi connectivity index (χ4n) is 1.64. The van der Waals surface area contributed by atoms with Gasteiger partial charge in [0.15, 0.2) is 11.6 Å². The van der Waals surface area contributed by atoms with Gasteiger partial charge < -0.3 is 5.73 Å². The molecule has 2 aromatic carbocycles. The van der Waals surface area contributed by atoms with Crippen molar-refractivity contribution in [3.63, 3.8) is 0 Å². The molecule has 0 unspecified atom stereocenters. The predicted molar refractivity (Wildman–Crippen MR) is 81.0 cm³/mol. The third-order valence-corrected chi connectivity index (χ3v) is 2.69. The van der Waals surface area contributed by atoms with Gasteiger partial charge in [-0.1, -0.05) is 60.7 Å². The van der Waals surface area contributed by atoms with Gasteiger partial charge in [0.25, 0.3) is 0 Å². The van der Waals surface area contributed by atoms with Crippen molar-refractivity contribution in [1.29, 1.82) is 0 Å². The molecule has 0 amide bonds. The number of ketones is 1. The van der Waals surface area contributed by atoms with Gasteiger partial charge in [0.1, 0.15) is 0 Å². The first-order valence-electron chi connectivity index (χ1n) is 6.26. The van der Waals surface area contributed by atoms with Crippen LogP contribution in [0.2, 0.25) is 0 Å². The Morgan fingerprint density at radius 2 is 1.50 bits per heavy atom. The molecule has 4 heteroatoms. The molecule has 0 saturated carbocycles. The summed E-state index contributed by atoms with van der Waals surface area (Å²) in [5.41, 5.74) is 7.24. The van der Waals surface area contributed by atoms with E-state index >= 15 is 0 Å². The number of carbonyl (C=O) groups is 1. The van der Waals surface area contributed by atoms with Crippen molar-refractivity contribution in [3.8, 4) is 0 Å². The SMILES string of the molecule is N/C(=N/N=C/CC(=O)c1ccccc1)c1ccccc1. The molecule has 0 aliphatic carbocycles. The van der Waals surface area contributed by atoms with Gasteiger partial charge in [-0.3, -0.25) is 4.79 Å². The molecule has 0 aromatic heterocycles. The number of amidine groups is 1. The van der Waals surface area contributed by atoms with Crippen LogP contribution in [0.25, 0.3) is 0 Å². The largest absolute Gasteiger partial charge is 0.382 e. The molecule has 0 fully saturated rings. The zero-order chi connectivity index (χ0) is 14.2. The van der Waals surface area contributed by atoms with Crippen LogP contribution in [0.5, 0.6) is 0 Å². The summed E-state index contributed by atoms with van der Waals surface area (Å²) in [4.78, 5) is 11.8. The molecular weight excluding hydrogens is 250 g/mol. The van der Waals surface area contributed by atoms with E-state index in [9.17, 15) is 4.79 Å². The molecule has 4 nitrogen and oxygen atoms in total. The van der Waals surface area contributed by atoms with Crippen molar-refractivity contribution in [2.24, 2.45) is 15.9 Å². The molecule has 0 bridgehead atoms. The first-order valence-corrected chi connectivity index (χ1v) is 6.26. The minimum atomic E-state index is 0.00262. The van der Waals surface area contributed by atoms with Crippen LogP contribution in [0.4, 0.5) is 0 Å². The summed E-state index contributed by atoms with van der Waals surface area (Å²) in [5, 5.41) is 7.70. The summed E-state index contributed by atoms with van der Waals surface area (Å²) < 4.78 is 0. The van der Waals surface area contributed by atoms with E-state index in [1.165, 1.54) is 6.21 Å². The van der Waals surface area contributed by atoms with Gasteiger partial charge in [-0.25, -0.2) is 0 Å². The summed E-state index contributed by atoms with van der Waals surface area (Å²) in [6, 6.07) is 18.4. The highest BCUT2D eigenvalue weighted by Crippen LogP contribution is 2.02. The lowest BCUT2D eigenvalue weighted by molar-refractivity contribution is 0.100. The molecule has 2 N–H and O–H groups in total. The fourth-order valence-corrected chi connectivity index (χ4v) is 1.64. The Kier molecular flexibility index (Phi) is 4.78. The zero-order valence-corrected chi connectivity index (χ0v) is 10.9. The van der Waals surface area contributed by atoms with E-state index in [1.54, 1.807) is 12.1 Å². The number of hydrogen-bond acceptors (Lipinski definition) is 3. The molecule has 0 saturated heterocycles. The Morgan fingerprint density at radius 3 is 2.10 bits per heavy atom. The average Bonchev–Trinajstić information content (AvgIpc) is 2.53. The van der Waals surface area contributed by atoms with Gasteiger partial charge in [0, 0.05) is 23.8 Å². The number of hydrogen-bond donors (Lipinski definition) is 1. The minimum Gasteiger partial charge on any atom is -0.382 e. The maximum Gasteiger partial charge on any atom is 0.168 e. The molecule has 100 valence electrons. The van der Waals surface area contributed by atoms with Gasteiger partial charge >= 0.3 is 0 Å². The van der Waals surface area contributed by atoms with E-state index < -0.39 is 0 Å². The second kappa shape index (κ2) is 6.99. The first kappa shape index (κ1) is 13.7. The fraction of sp³-hybridized carbons (Fsp3) is 0.0625. The minimum absolute atomic E-state index is 0.00262. The van der Waals surface area contributed by atoms with Crippen LogP contribution in [0.3, 0.4) is 0 Å². The summed E-state index contributed by atoms with van der Waals surface area (Å²) in [6.45, 7) is 0. The van der Waals surface area contributed by atoms with Crippen molar-refractivity contribution in [2.45, 2.75) is 6.42 Å². The number of rotatable bonds is 5. The molecule has 0 aliphatic heterocycles. The normalized spacial score (nSPS) is 11.7. The first-order chi connectivity index (χ1) is 9.77. The van der Waals surface area contributed by atoms with Crippen molar-refractivity contribution >= 4 is 17.8 Å². The zero-order valence-electron chi connectivity index (χ0n) is 10.9. The summed E-state index contributed by atoms with van der Waals surface area (Å²) in [7, 11) is 0. The van der Waals surface area contributed by atoms with Crippen molar-refractivity contribution in [2.75, 3.05) is 0 Å². The van der Waals surface area contributed by atoms with Gasteiger partial charge in [0.05, 0.1) is 0 Å². The van der Waals surface area contributed by atoms with Crippen molar-refractivity contribution < 1.29 is 4.79 Å².